The molecule has 0 nitrogen and oxygen atoms in total. The van der Waals surface area contributed by atoms with Crippen molar-refractivity contribution in [1.29, 1.82) is 0 Å². The molecule has 0 aliphatic heterocycles. The van der Waals surface area contributed by atoms with Crippen LogP contribution in [0.25, 0.3) is 0 Å². The van der Waals surface area contributed by atoms with E-state index in [9.17, 15) is 0 Å². The third-order valence-electron chi connectivity index (χ3n) is 2.98. The Balaban J connectivity index is 2.31. The summed E-state index contributed by atoms with van der Waals surface area (Å²) in [6, 6.07) is 0. The van der Waals surface area contributed by atoms with Crippen LogP contribution in [0.5, 0.6) is 0 Å². The minimum Gasteiger partial charge on any atom is -0.0638 e. The first-order valence-electron chi connectivity index (χ1n) is 4.85. The smallest absolute Gasteiger partial charge is 0.00408 e. The van der Waals surface area contributed by atoms with Crippen molar-refractivity contribution in [1.82, 2.24) is 0 Å². The second-order valence-electron chi connectivity index (χ2n) is 3.95. The predicted octanol–water partition coefficient (Wildman–Crippen LogP) is 4.18. The Morgan fingerprint density at radius 2 is 2.08 bits per heavy atom. The standard InChI is InChI=1S/C11H15Br/c1-8-6-10(12)7-9-4-2-3-5-11(8)9/h7-8H,2-6H2,1H3. The molecule has 0 bridgehead atoms. The van der Waals surface area contributed by atoms with Gasteiger partial charge in [-0.15, -0.1) is 0 Å². The SMILES string of the molecule is CC1CC(Br)=CC2=C1CCCC2. The van der Waals surface area contributed by atoms with E-state index in [1.165, 1.54) is 36.6 Å². The van der Waals surface area contributed by atoms with Crippen LogP contribution in [-0.4, -0.2) is 0 Å². The van der Waals surface area contributed by atoms with Gasteiger partial charge in [0.15, 0.2) is 0 Å². The third-order valence-corrected chi connectivity index (χ3v) is 3.53. The Bertz CT molecular complexity index is 248. The second kappa shape index (κ2) is 3.37. The molecule has 0 aromatic carbocycles. The van der Waals surface area contributed by atoms with Crippen LogP contribution in [-0.2, 0) is 0 Å². The van der Waals surface area contributed by atoms with Gasteiger partial charge >= 0.3 is 0 Å². The zero-order chi connectivity index (χ0) is 8.55. The number of hydrogen-bond donors (Lipinski definition) is 0. The largest absolute Gasteiger partial charge is 0.0638 e. The van der Waals surface area contributed by atoms with Gasteiger partial charge in [-0.3, -0.25) is 0 Å². The Kier molecular flexibility index (Phi) is 2.40. The average molecular weight is 227 g/mol. The van der Waals surface area contributed by atoms with E-state index in [0.29, 0.717) is 0 Å². The van der Waals surface area contributed by atoms with Crippen LogP contribution in [0.15, 0.2) is 21.7 Å². The van der Waals surface area contributed by atoms with E-state index >= 15 is 0 Å². The molecule has 0 fully saturated rings. The molecule has 2 aliphatic carbocycles. The van der Waals surface area contributed by atoms with Crippen molar-refractivity contribution >= 4 is 15.9 Å². The van der Waals surface area contributed by atoms with Crippen molar-refractivity contribution in [3.05, 3.63) is 21.7 Å². The third kappa shape index (κ3) is 1.52. The molecule has 0 spiro atoms. The molecular weight excluding hydrogens is 212 g/mol. The van der Waals surface area contributed by atoms with E-state index in [0.717, 1.165) is 5.92 Å². The molecule has 66 valence electrons. The van der Waals surface area contributed by atoms with E-state index in [4.69, 9.17) is 0 Å². The van der Waals surface area contributed by atoms with Crippen LogP contribution in [0.1, 0.15) is 39.0 Å². The van der Waals surface area contributed by atoms with Gasteiger partial charge in [0.05, 0.1) is 0 Å². The molecule has 1 unspecified atom stereocenters. The summed E-state index contributed by atoms with van der Waals surface area (Å²) in [5.74, 6) is 0.791. The lowest BCUT2D eigenvalue weighted by atomic mass is 9.80. The van der Waals surface area contributed by atoms with Crippen LogP contribution < -0.4 is 0 Å². The predicted molar refractivity (Wildman–Crippen MR) is 56.3 cm³/mol. The van der Waals surface area contributed by atoms with E-state index in [1.54, 1.807) is 11.1 Å². The van der Waals surface area contributed by atoms with Crippen LogP contribution in [0.4, 0.5) is 0 Å². The van der Waals surface area contributed by atoms with Gasteiger partial charge in [0.1, 0.15) is 0 Å². The molecule has 2 rings (SSSR count). The van der Waals surface area contributed by atoms with Crippen molar-refractivity contribution in [2.45, 2.75) is 39.0 Å². The van der Waals surface area contributed by atoms with Crippen LogP contribution in [0.2, 0.25) is 0 Å². The summed E-state index contributed by atoms with van der Waals surface area (Å²) in [5.41, 5.74) is 3.37. The summed E-state index contributed by atoms with van der Waals surface area (Å²) in [6.07, 6.45) is 9.05. The van der Waals surface area contributed by atoms with E-state index < -0.39 is 0 Å². The lowest BCUT2D eigenvalue weighted by molar-refractivity contribution is 0.567. The highest BCUT2D eigenvalue weighted by molar-refractivity contribution is 9.11. The summed E-state index contributed by atoms with van der Waals surface area (Å²) in [4.78, 5) is 0. The number of halogens is 1. The highest BCUT2D eigenvalue weighted by atomic mass is 79.9. The van der Waals surface area contributed by atoms with Gasteiger partial charge in [-0.2, -0.15) is 0 Å². The van der Waals surface area contributed by atoms with Gasteiger partial charge in [0.2, 0.25) is 0 Å². The minimum atomic E-state index is 0.791. The molecule has 2 aliphatic rings. The Morgan fingerprint density at radius 3 is 2.92 bits per heavy atom. The fourth-order valence-electron chi connectivity index (χ4n) is 2.34. The maximum atomic E-state index is 3.62. The Hall–Kier alpha value is -0.0400. The van der Waals surface area contributed by atoms with E-state index in [1.807, 2.05) is 0 Å². The summed E-state index contributed by atoms with van der Waals surface area (Å²) in [5, 5.41) is 0. The monoisotopic (exact) mass is 226 g/mol. The van der Waals surface area contributed by atoms with Crippen molar-refractivity contribution < 1.29 is 0 Å². The van der Waals surface area contributed by atoms with Crippen molar-refractivity contribution in [2.75, 3.05) is 0 Å². The lowest BCUT2D eigenvalue weighted by Gasteiger charge is -2.27. The molecule has 1 heteroatoms. The molecule has 0 N–H and O–H groups in total. The molecule has 0 saturated heterocycles. The molecule has 0 radical (unpaired) electrons. The van der Waals surface area contributed by atoms with Crippen LogP contribution in [0.3, 0.4) is 0 Å². The summed E-state index contributed by atoms with van der Waals surface area (Å²) in [7, 11) is 0. The number of rotatable bonds is 0. The van der Waals surface area contributed by atoms with Gasteiger partial charge in [0.25, 0.3) is 0 Å². The van der Waals surface area contributed by atoms with E-state index in [-0.39, 0.29) is 0 Å². The van der Waals surface area contributed by atoms with Crippen LogP contribution in [0, 0.1) is 5.92 Å². The highest BCUT2D eigenvalue weighted by Gasteiger charge is 2.21. The fraction of sp³-hybridized carbons (Fsp3) is 0.636. The minimum absolute atomic E-state index is 0.791. The number of allylic oxidation sites excluding steroid dienone is 4. The maximum absolute atomic E-state index is 3.62. The molecule has 0 saturated carbocycles. The van der Waals surface area contributed by atoms with Crippen LogP contribution >= 0.6 is 15.9 Å². The lowest BCUT2D eigenvalue weighted by Crippen LogP contribution is -2.10. The number of hydrogen-bond acceptors (Lipinski definition) is 0. The Labute approximate surface area is 82.9 Å². The zero-order valence-electron chi connectivity index (χ0n) is 7.57. The summed E-state index contributed by atoms with van der Waals surface area (Å²) in [6.45, 7) is 2.36. The molecule has 0 aromatic rings. The zero-order valence-corrected chi connectivity index (χ0v) is 9.15. The van der Waals surface area contributed by atoms with Gasteiger partial charge in [-0.1, -0.05) is 28.4 Å². The molecular formula is C11H15Br. The maximum Gasteiger partial charge on any atom is -0.00408 e. The van der Waals surface area contributed by atoms with E-state index in [2.05, 4.69) is 28.9 Å². The first-order valence-corrected chi connectivity index (χ1v) is 5.64. The van der Waals surface area contributed by atoms with Crippen molar-refractivity contribution in [3.63, 3.8) is 0 Å². The first-order chi connectivity index (χ1) is 5.77. The first kappa shape index (κ1) is 8.55. The molecule has 0 aromatic heterocycles. The fourth-order valence-corrected chi connectivity index (χ4v) is 3.11. The average Bonchev–Trinajstić information content (AvgIpc) is 2.04. The molecule has 12 heavy (non-hydrogen) atoms. The van der Waals surface area contributed by atoms with Gasteiger partial charge < -0.3 is 0 Å². The van der Waals surface area contributed by atoms with Gasteiger partial charge in [0, 0.05) is 0 Å². The highest BCUT2D eigenvalue weighted by Crippen LogP contribution is 2.39. The molecule has 0 heterocycles. The topological polar surface area (TPSA) is 0 Å². The summed E-state index contributed by atoms with van der Waals surface area (Å²) < 4.78 is 1.40. The van der Waals surface area contributed by atoms with Crippen molar-refractivity contribution in [2.24, 2.45) is 5.92 Å². The van der Waals surface area contributed by atoms with Gasteiger partial charge in [-0.25, -0.2) is 0 Å². The normalized spacial score (nSPS) is 29.8. The second-order valence-corrected chi connectivity index (χ2v) is 4.97. The van der Waals surface area contributed by atoms with Gasteiger partial charge in [-0.05, 0) is 54.2 Å². The van der Waals surface area contributed by atoms with Crippen molar-refractivity contribution in [3.8, 4) is 0 Å². The quantitative estimate of drug-likeness (QED) is 0.582. The molecule has 1 atom stereocenters. The Morgan fingerprint density at radius 1 is 1.33 bits per heavy atom. The summed E-state index contributed by atoms with van der Waals surface area (Å²) >= 11 is 3.62. The molecule has 0 amide bonds.